The monoisotopic (exact) mass is 209 g/mol. The van der Waals surface area contributed by atoms with Gasteiger partial charge in [-0.15, -0.1) is 0 Å². The second-order valence-corrected chi connectivity index (χ2v) is 4.40. The third-order valence-electron chi connectivity index (χ3n) is 1.77. The molecule has 0 saturated carbocycles. The van der Waals surface area contributed by atoms with Crippen LogP contribution in [0.3, 0.4) is 0 Å². The van der Waals surface area contributed by atoms with Crippen LogP contribution in [0.2, 0.25) is 0 Å². The van der Waals surface area contributed by atoms with Crippen molar-refractivity contribution in [1.82, 2.24) is 4.98 Å². The zero-order chi connectivity index (χ0) is 11.6. The van der Waals surface area contributed by atoms with Gasteiger partial charge in [-0.05, 0) is 39.3 Å². The van der Waals surface area contributed by atoms with Crippen LogP contribution in [0.5, 0.6) is 0 Å². The van der Waals surface area contributed by atoms with Crippen LogP contribution in [0.25, 0.3) is 0 Å². The molecule has 1 rings (SSSR count). The van der Waals surface area contributed by atoms with E-state index in [1.807, 2.05) is 0 Å². The standard InChI is InChI=1S/C11H15NO3/c1-7-5-8(6-13)12-9(7)10(14)15-11(2,3)4/h5-6,12H,1-4H3. The maximum Gasteiger partial charge on any atom is 0.355 e. The van der Waals surface area contributed by atoms with Gasteiger partial charge in [0.25, 0.3) is 0 Å². The summed E-state index contributed by atoms with van der Waals surface area (Å²) in [7, 11) is 0. The van der Waals surface area contributed by atoms with Gasteiger partial charge in [0.05, 0.1) is 5.69 Å². The molecule has 0 saturated heterocycles. The molecule has 4 heteroatoms. The molecule has 82 valence electrons. The normalized spacial score (nSPS) is 11.2. The molecule has 0 atom stereocenters. The number of H-pyrrole nitrogens is 1. The molecule has 1 N–H and O–H groups in total. The van der Waals surface area contributed by atoms with Crippen LogP contribution >= 0.6 is 0 Å². The molecule has 0 aliphatic carbocycles. The Balaban J connectivity index is 2.91. The fourth-order valence-corrected chi connectivity index (χ4v) is 1.19. The Morgan fingerprint density at radius 2 is 2.07 bits per heavy atom. The summed E-state index contributed by atoms with van der Waals surface area (Å²) in [5.41, 5.74) is 0.905. The number of carbonyl (C=O) groups is 2. The van der Waals surface area contributed by atoms with Gasteiger partial charge in [0.1, 0.15) is 11.3 Å². The van der Waals surface area contributed by atoms with Gasteiger partial charge >= 0.3 is 5.97 Å². The Kier molecular flexibility index (Phi) is 2.98. The fraction of sp³-hybridized carbons (Fsp3) is 0.455. The number of carbonyl (C=O) groups excluding carboxylic acids is 2. The first kappa shape index (κ1) is 11.5. The fourth-order valence-electron chi connectivity index (χ4n) is 1.19. The van der Waals surface area contributed by atoms with E-state index in [2.05, 4.69) is 4.98 Å². The van der Waals surface area contributed by atoms with Gasteiger partial charge in [0.2, 0.25) is 0 Å². The third-order valence-corrected chi connectivity index (χ3v) is 1.77. The predicted molar refractivity (Wildman–Crippen MR) is 56.1 cm³/mol. The Labute approximate surface area is 88.6 Å². The maximum absolute atomic E-state index is 11.6. The summed E-state index contributed by atoms with van der Waals surface area (Å²) in [6, 6.07) is 1.62. The smallest absolute Gasteiger partial charge is 0.355 e. The molecule has 0 aliphatic heterocycles. The van der Waals surface area contributed by atoms with E-state index in [0.717, 1.165) is 0 Å². The van der Waals surface area contributed by atoms with Crippen molar-refractivity contribution in [3.63, 3.8) is 0 Å². The van der Waals surface area contributed by atoms with Crippen molar-refractivity contribution in [2.24, 2.45) is 0 Å². The van der Waals surface area contributed by atoms with Crippen molar-refractivity contribution in [2.75, 3.05) is 0 Å². The molecule has 0 aromatic carbocycles. The van der Waals surface area contributed by atoms with Crippen molar-refractivity contribution in [3.05, 3.63) is 23.0 Å². The van der Waals surface area contributed by atoms with Gasteiger partial charge in [0, 0.05) is 0 Å². The van der Waals surface area contributed by atoms with Crippen LogP contribution in [0, 0.1) is 6.92 Å². The highest BCUT2D eigenvalue weighted by Gasteiger charge is 2.20. The summed E-state index contributed by atoms with van der Waals surface area (Å²) < 4.78 is 5.18. The second kappa shape index (κ2) is 3.88. The summed E-state index contributed by atoms with van der Waals surface area (Å²) in [5.74, 6) is -0.437. The minimum absolute atomic E-state index is 0.340. The van der Waals surface area contributed by atoms with Gasteiger partial charge < -0.3 is 9.72 Å². The zero-order valence-electron chi connectivity index (χ0n) is 9.38. The minimum atomic E-state index is -0.532. The van der Waals surface area contributed by atoms with Gasteiger partial charge in [-0.3, -0.25) is 4.79 Å². The molecule has 0 amide bonds. The molecular weight excluding hydrogens is 194 g/mol. The van der Waals surface area contributed by atoms with Crippen LogP contribution < -0.4 is 0 Å². The molecule has 4 nitrogen and oxygen atoms in total. The predicted octanol–water partition coefficient (Wildman–Crippen LogP) is 2.09. The molecule has 1 aromatic heterocycles. The van der Waals surface area contributed by atoms with Crippen LogP contribution in [0.15, 0.2) is 6.07 Å². The minimum Gasteiger partial charge on any atom is -0.455 e. The van der Waals surface area contributed by atoms with Gasteiger partial charge in [-0.1, -0.05) is 0 Å². The molecule has 0 fully saturated rings. The van der Waals surface area contributed by atoms with E-state index in [-0.39, 0.29) is 0 Å². The highest BCUT2D eigenvalue weighted by Crippen LogP contribution is 2.14. The number of ether oxygens (including phenoxy) is 1. The van der Waals surface area contributed by atoms with E-state index in [1.54, 1.807) is 33.8 Å². The molecule has 1 heterocycles. The largest absolute Gasteiger partial charge is 0.455 e. The van der Waals surface area contributed by atoms with E-state index >= 15 is 0 Å². The third kappa shape index (κ3) is 2.94. The lowest BCUT2D eigenvalue weighted by Gasteiger charge is -2.19. The molecule has 0 aliphatic rings. The van der Waals surface area contributed by atoms with E-state index in [9.17, 15) is 9.59 Å². The number of aryl methyl sites for hydroxylation is 1. The highest BCUT2D eigenvalue weighted by molar-refractivity contribution is 5.91. The summed E-state index contributed by atoms with van der Waals surface area (Å²) >= 11 is 0. The summed E-state index contributed by atoms with van der Waals surface area (Å²) in [6.45, 7) is 7.14. The number of aldehydes is 1. The molecule has 1 aromatic rings. The van der Waals surface area contributed by atoms with Gasteiger partial charge in [-0.2, -0.15) is 0 Å². The summed E-state index contributed by atoms with van der Waals surface area (Å²) in [5, 5.41) is 0. The lowest BCUT2D eigenvalue weighted by Crippen LogP contribution is -2.24. The maximum atomic E-state index is 11.6. The Bertz CT molecular complexity index is 385. The lowest BCUT2D eigenvalue weighted by molar-refractivity contribution is 0.00628. The van der Waals surface area contributed by atoms with Gasteiger partial charge in [-0.25, -0.2) is 4.79 Å². The average Bonchev–Trinajstić information content (AvgIpc) is 2.43. The van der Waals surface area contributed by atoms with Crippen LogP contribution in [0.4, 0.5) is 0 Å². The van der Waals surface area contributed by atoms with E-state index in [1.165, 1.54) is 0 Å². The van der Waals surface area contributed by atoms with Crippen molar-refractivity contribution in [1.29, 1.82) is 0 Å². The van der Waals surface area contributed by atoms with Crippen LogP contribution in [-0.2, 0) is 4.74 Å². The van der Waals surface area contributed by atoms with Crippen molar-refractivity contribution >= 4 is 12.3 Å². The molecule has 0 unspecified atom stereocenters. The highest BCUT2D eigenvalue weighted by atomic mass is 16.6. The number of aromatic amines is 1. The van der Waals surface area contributed by atoms with E-state index in [4.69, 9.17) is 4.74 Å². The van der Waals surface area contributed by atoms with E-state index in [0.29, 0.717) is 23.2 Å². The molecule has 15 heavy (non-hydrogen) atoms. The number of hydrogen-bond donors (Lipinski definition) is 1. The summed E-state index contributed by atoms with van der Waals surface area (Å²) in [4.78, 5) is 24.8. The zero-order valence-corrected chi connectivity index (χ0v) is 9.38. The van der Waals surface area contributed by atoms with Crippen molar-refractivity contribution in [2.45, 2.75) is 33.3 Å². The molecule has 0 spiro atoms. The first-order chi connectivity index (χ1) is 6.83. The topological polar surface area (TPSA) is 59.2 Å². The quantitative estimate of drug-likeness (QED) is 0.599. The molecule has 0 bridgehead atoms. The van der Waals surface area contributed by atoms with Gasteiger partial charge in [0.15, 0.2) is 6.29 Å². The Morgan fingerprint density at radius 1 is 1.47 bits per heavy atom. The lowest BCUT2D eigenvalue weighted by atomic mass is 10.2. The molecular formula is C11H15NO3. The SMILES string of the molecule is Cc1cc(C=O)[nH]c1C(=O)OC(C)(C)C. The first-order valence-corrected chi connectivity index (χ1v) is 4.71. The number of rotatable bonds is 2. The van der Waals surface area contributed by atoms with Crippen molar-refractivity contribution < 1.29 is 14.3 Å². The number of esters is 1. The van der Waals surface area contributed by atoms with Crippen LogP contribution in [-0.4, -0.2) is 22.8 Å². The summed E-state index contributed by atoms with van der Waals surface area (Å²) in [6.07, 6.45) is 0.668. The Morgan fingerprint density at radius 3 is 2.47 bits per heavy atom. The second-order valence-electron chi connectivity index (χ2n) is 4.40. The van der Waals surface area contributed by atoms with E-state index < -0.39 is 11.6 Å². The number of hydrogen-bond acceptors (Lipinski definition) is 3. The van der Waals surface area contributed by atoms with Crippen molar-refractivity contribution in [3.8, 4) is 0 Å². The first-order valence-electron chi connectivity index (χ1n) is 4.71. The number of aromatic nitrogens is 1. The van der Waals surface area contributed by atoms with Crippen LogP contribution in [0.1, 0.15) is 47.3 Å². The number of nitrogens with one attached hydrogen (secondary N) is 1. The average molecular weight is 209 g/mol. The Hall–Kier alpha value is -1.58. The molecule has 0 radical (unpaired) electrons.